The average molecular weight is 394 g/mol. The van der Waals surface area contributed by atoms with Crippen LogP contribution in [-0.2, 0) is 22.7 Å². The van der Waals surface area contributed by atoms with Crippen molar-refractivity contribution in [2.24, 2.45) is 5.16 Å². The van der Waals surface area contributed by atoms with Gasteiger partial charge in [0.05, 0.1) is 5.71 Å². The average Bonchev–Trinajstić information content (AvgIpc) is 2.92. The van der Waals surface area contributed by atoms with Gasteiger partial charge < -0.3 is 14.5 Å². The third-order valence-corrected chi connectivity index (χ3v) is 5.17. The Labute approximate surface area is 173 Å². The van der Waals surface area contributed by atoms with Crippen molar-refractivity contribution in [1.29, 1.82) is 5.41 Å². The van der Waals surface area contributed by atoms with Crippen LogP contribution in [0.2, 0.25) is 0 Å². The van der Waals surface area contributed by atoms with Gasteiger partial charge in [-0.1, -0.05) is 74.0 Å². The van der Waals surface area contributed by atoms with Crippen LogP contribution in [0.25, 0.3) is 11.1 Å². The summed E-state index contributed by atoms with van der Waals surface area (Å²) < 4.78 is 5.68. The quantitative estimate of drug-likeness (QED) is 0.275. The number of rotatable bonds is 8. The Morgan fingerprint density at radius 1 is 0.966 bits per heavy atom. The molecule has 0 spiro atoms. The molecule has 0 saturated heterocycles. The first kappa shape index (κ1) is 20.9. The van der Waals surface area contributed by atoms with Gasteiger partial charge in [-0.25, -0.2) is 0 Å². The molecule has 0 aliphatic carbocycles. The summed E-state index contributed by atoms with van der Waals surface area (Å²) in [6, 6.07) is 16.9. The number of benzene rings is 2. The van der Waals surface area contributed by atoms with E-state index in [4.69, 9.17) is 15.0 Å². The Balaban J connectivity index is 1.57. The number of nitrogens with zero attached hydrogens (tertiary/aromatic N) is 2. The highest BCUT2D eigenvalue weighted by Crippen LogP contribution is 2.32. The van der Waals surface area contributed by atoms with Crippen LogP contribution in [0, 0.1) is 5.41 Å². The molecule has 0 radical (unpaired) electrons. The van der Waals surface area contributed by atoms with Crippen molar-refractivity contribution in [1.82, 2.24) is 4.90 Å². The third-order valence-electron chi connectivity index (χ3n) is 5.17. The zero-order valence-electron chi connectivity index (χ0n) is 17.5. The maximum Gasteiger partial charge on any atom is 0.285 e. The number of unbranched alkanes of at least 4 members (excludes halogenated alkanes) is 1. The first-order valence-corrected chi connectivity index (χ1v) is 10.5. The van der Waals surface area contributed by atoms with Crippen LogP contribution in [0.1, 0.15) is 50.7 Å². The van der Waals surface area contributed by atoms with Crippen LogP contribution in [0.5, 0.6) is 0 Å². The van der Waals surface area contributed by atoms with E-state index in [2.05, 4.69) is 55.4 Å². The molecule has 1 N–H and O–H groups in total. The monoisotopic (exact) mass is 393 g/mol. The van der Waals surface area contributed by atoms with Crippen LogP contribution in [0.15, 0.2) is 53.7 Å². The largest absolute Gasteiger partial charge is 0.462 e. The fraction of sp³-hybridized carbons (Fsp3) is 0.417. The number of hydrogen-bond acceptors (Lipinski definition) is 4. The highest BCUT2D eigenvalue weighted by atomic mass is 16.6. The molecule has 29 heavy (non-hydrogen) atoms. The molecule has 2 aromatic carbocycles. The fourth-order valence-corrected chi connectivity index (χ4v) is 3.52. The summed E-state index contributed by atoms with van der Waals surface area (Å²) in [5, 5.41) is 12.6. The van der Waals surface area contributed by atoms with Gasteiger partial charge in [-0.15, -0.1) is 0 Å². The molecule has 0 amide bonds. The van der Waals surface area contributed by atoms with Crippen LogP contribution >= 0.6 is 0 Å². The van der Waals surface area contributed by atoms with Crippen LogP contribution in [-0.4, -0.2) is 29.8 Å². The molecule has 1 aliphatic heterocycles. The summed E-state index contributed by atoms with van der Waals surface area (Å²) in [7, 11) is 0. The lowest BCUT2D eigenvalue weighted by Gasteiger charge is -2.23. The van der Waals surface area contributed by atoms with Crippen molar-refractivity contribution in [3.63, 3.8) is 0 Å². The first-order valence-electron chi connectivity index (χ1n) is 10.5. The zero-order valence-corrected chi connectivity index (χ0v) is 17.5. The van der Waals surface area contributed by atoms with Gasteiger partial charge in [-0.05, 0) is 41.5 Å². The second-order valence-corrected chi connectivity index (χ2v) is 7.27. The topological polar surface area (TPSA) is 57.9 Å². The van der Waals surface area contributed by atoms with E-state index in [1.807, 2.05) is 17.0 Å². The van der Waals surface area contributed by atoms with Crippen molar-refractivity contribution in [2.75, 3.05) is 13.2 Å². The number of fused-ring (bicyclic) bond motifs is 3. The Kier molecular flexibility index (Phi) is 7.68. The van der Waals surface area contributed by atoms with Gasteiger partial charge >= 0.3 is 0 Å². The summed E-state index contributed by atoms with van der Waals surface area (Å²) in [6.45, 7) is 6.23. The van der Waals surface area contributed by atoms with E-state index in [0.717, 1.165) is 31.4 Å². The van der Waals surface area contributed by atoms with E-state index in [1.165, 1.54) is 22.3 Å². The van der Waals surface area contributed by atoms with Crippen molar-refractivity contribution < 1.29 is 9.57 Å². The first-order chi connectivity index (χ1) is 14.2. The molecule has 0 bridgehead atoms. The van der Waals surface area contributed by atoms with Gasteiger partial charge in [0.2, 0.25) is 0 Å². The van der Waals surface area contributed by atoms with E-state index in [0.29, 0.717) is 26.3 Å². The second-order valence-electron chi connectivity index (χ2n) is 7.27. The van der Waals surface area contributed by atoms with Crippen LogP contribution in [0.3, 0.4) is 0 Å². The molecule has 5 heteroatoms. The predicted molar refractivity (Wildman–Crippen MR) is 118 cm³/mol. The van der Waals surface area contributed by atoms with Crippen LogP contribution < -0.4 is 0 Å². The lowest BCUT2D eigenvalue weighted by atomic mass is 9.97. The molecular weight excluding hydrogens is 362 g/mol. The third kappa shape index (κ3) is 5.59. The fourth-order valence-electron chi connectivity index (χ4n) is 3.52. The molecule has 0 fully saturated rings. The Morgan fingerprint density at radius 2 is 1.59 bits per heavy atom. The second kappa shape index (κ2) is 10.6. The summed E-state index contributed by atoms with van der Waals surface area (Å²) in [4.78, 5) is 7.37. The van der Waals surface area contributed by atoms with Gasteiger partial charge in [-0.2, -0.15) is 0 Å². The van der Waals surface area contributed by atoms with Gasteiger partial charge in [0.25, 0.3) is 6.02 Å². The Bertz CT molecular complexity index is 800. The highest BCUT2D eigenvalue weighted by molar-refractivity contribution is 5.83. The molecule has 3 rings (SSSR count). The van der Waals surface area contributed by atoms with Crippen molar-refractivity contribution in [3.8, 4) is 11.1 Å². The van der Waals surface area contributed by atoms with E-state index in [9.17, 15) is 0 Å². The molecule has 1 heterocycles. The van der Waals surface area contributed by atoms with E-state index >= 15 is 0 Å². The zero-order chi connectivity index (χ0) is 20.5. The van der Waals surface area contributed by atoms with Crippen molar-refractivity contribution in [2.45, 2.75) is 52.6 Å². The molecule has 1 aliphatic rings. The smallest absolute Gasteiger partial charge is 0.285 e. The van der Waals surface area contributed by atoms with Gasteiger partial charge in [0.15, 0.2) is 6.61 Å². The molecule has 2 aromatic rings. The summed E-state index contributed by atoms with van der Waals surface area (Å²) in [6.07, 6.45) is 4.18. The minimum Gasteiger partial charge on any atom is -0.462 e. The van der Waals surface area contributed by atoms with Gasteiger partial charge in [0.1, 0.15) is 6.61 Å². The number of nitrogens with one attached hydrogen (secondary N) is 1. The number of ether oxygens (including phenoxy) is 1. The molecule has 0 unspecified atom stereocenters. The maximum absolute atomic E-state index is 8.42. The van der Waals surface area contributed by atoms with E-state index < -0.39 is 0 Å². The van der Waals surface area contributed by atoms with E-state index in [1.54, 1.807) is 0 Å². The molecular formula is C24H31N3O2. The molecule has 0 saturated carbocycles. The summed E-state index contributed by atoms with van der Waals surface area (Å²) in [5.41, 5.74) is 5.96. The van der Waals surface area contributed by atoms with E-state index in [-0.39, 0.29) is 6.02 Å². The van der Waals surface area contributed by atoms with Gasteiger partial charge in [-0.3, -0.25) is 5.41 Å². The minimum absolute atomic E-state index is 0.172. The highest BCUT2D eigenvalue weighted by Gasteiger charge is 2.21. The van der Waals surface area contributed by atoms with Crippen LogP contribution in [0.4, 0.5) is 0 Å². The van der Waals surface area contributed by atoms with Crippen molar-refractivity contribution in [3.05, 3.63) is 59.7 Å². The van der Waals surface area contributed by atoms with Crippen molar-refractivity contribution >= 4 is 11.7 Å². The summed E-state index contributed by atoms with van der Waals surface area (Å²) in [5.74, 6) is 0. The predicted octanol–water partition coefficient (Wildman–Crippen LogP) is 5.59. The lowest BCUT2D eigenvalue weighted by Crippen LogP contribution is -2.31. The minimum atomic E-state index is 0.172. The Hall–Kier alpha value is -2.82. The molecule has 0 aromatic heterocycles. The normalized spacial score (nSPS) is 13.3. The SMILES string of the molecule is CCCCC(CC)=NOCCOC(=N)N1Cc2ccccc2-c2ccccc2C1. The molecule has 5 nitrogen and oxygen atoms in total. The number of amidine groups is 1. The molecule has 0 atom stereocenters. The Morgan fingerprint density at radius 3 is 2.17 bits per heavy atom. The standard InChI is InChI=1S/C24H31N3O2/c1-3-5-12-21(4-2)26-29-16-15-28-24(25)27-17-19-10-6-8-13-22(19)23-14-9-7-11-20(23)18-27/h6-11,13-14,25H,3-5,12,15-18H2,1-2H3. The number of oxime groups is 1. The maximum atomic E-state index is 8.42. The lowest BCUT2D eigenvalue weighted by molar-refractivity contribution is 0.0910. The molecule has 154 valence electrons. The summed E-state index contributed by atoms with van der Waals surface area (Å²) >= 11 is 0. The van der Waals surface area contributed by atoms with Gasteiger partial charge in [0, 0.05) is 13.1 Å². The number of hydrogen-bond donors (Lipinski definition) is 1.